The molecule has 0 aliphatic carbocycles. The third-order valence-corrected chi connectivity index (χ3v) is 3.80. The summed E-state index contributed by atoms with van der Waals surface area (Å²) in [5.41, 5.74) is 0.389. The summed E-state index contributed by atoms with van der Waals surface area (Å²) in [6, 6.07) is 8.81. The number of rotatable bonds is 4. The number of carboxylic acids is 1. The Bertz CT molecular complexity index is 567. The molecule has 1 amide bonds. The fourth-order valence-corrected chi connectivity index (χ4v) is 2.65. The van der Waals surface area contributed by atoms with E-state index in [0.717, 1.165) is 5.56 Å². The quantitative estimate of drug-likeness (QED) is 0.915. The van der Waals surface area contributed by atoms with E-state index < -0.39 is 23.7 Å². The van der Waals surface area contributed by atoms with Crippen LogP contribution in [0.5, 0.6) is 0 Å². The van der Waals surface area contributed by atoms with Crippen molar-refractivity contribution in [2.75, 3.05) is 6.54 Å². The van der Waals surface area contributed by atoms with Crippen LogP contribution in [0, 0.1) is 0 Å². The average Bonchev–Trinajstić information content (AvgIpc) is 2.52. The smallest absolute Gasteiger partial charge is 0.411 e. The van der Waals surface area contributed by atoms with Crippen molar-refractivity contribution in [3.63, 3.8) is 0 Å². The Morgan fingerprint density at radius 3 is 2.50 bits per heavy atom. The zero-order valence-corrected chi connectivity index (χ0v) is 14.4. The minimum absolute atomic E-state index is 0.190. The molecule has 1 aliphatic rings. The summed E-state index contributed by atoms with van der Waals surface area (Å²) in [5.74, 6) is -1.03. The van der Waals surface area contributed by atoms with Crippen LogP contribution >= 0.6 is 0 Å². The predicted molar refractivity (Wildman–Crippen MR) is 88.6 cm³/mol. The maximum atomic E-state index is 12.2. The van der Waals surface area contributed by atoms with Crippen LogP contribution in [0.2, 0.25) is 0 Å². The number of carbonyl (C=O) groups excluding carboxylic acids is 1. The molecule has 6 nitrogen and oxygen atoms in total. The molecule has 1 aliphatic heterocycles. The largest absolute Gasteiger partial charge is 0.480 e. The second-order valence-corrected chi connectivity index (χ2v) is 6.97. The van der Waals surface area contributed by atoms with Gasteiger partial charge in [-0.15, -0.1) is 0 Å². The molecule has 0 bridgehead atoms. The molecule has 1 N–H and O–H groups in total. The number of piperidine rings is 1. The summed E-state index contributed by atoms with van der Waals surface area (Å²) in [5, 5.41) is 9.45. The highest BCUT2D eigenvalue weighted by Gasteiger charge is 2.38. The number of aliphatic carboxylic acids is 1. The van der Waals surface area contributed by atoms with E-state index in [1.807, 2.05) is 30.3 Å². The Labute approximate surface area is 142 Å². The van der Waals surface area contributed by atoms with Gasteiger partial charge in [0, 0.05) is 13.0 Å². The fourth-order valence-electron chi connectivity index (χ4n) is 2.65. The van der Waals surface area contributed by atoms with Crippen molar-refractivity contribution in [3.05, 3.63) is 35.9 Å². The Balaban J connectivity index is 1.95. The zero-order valence-electron chi connectivity index (χ0n) is 14.4. The van der Waals surface area contributed by atoms with E-state index in [2.05, 4.69) is 0 Å². The SMILES string of the molecule is CC(C)(C)OC(=O)N1CC[C@@H](OCc2ccccc2)C[C@H]1C(=O)O. The van der Waals surface area contributed by atoms with Crippen molar-refractivity contribution in [2.45, 2.75) is 58.0 Å². The van der Waals surface area contributed by atoms with Gasteiger partial charge in [0.25, 0.3) is 0 Å². The summed E-state index contributed by atoms with van der Waals surface area (Å²) in [6.45, 7) is 6.03. The predicted octanol–water partition coefficient (Wildman–Crippen LogP) is 3.06. The van der Waals surface area contributed by atoms with Gasteiger partial charge in [-0.25, -0.2) is 9.59 Å². The van der Waals surface area contributed by atoms with Crippen LogP contribution in [0.25, 0.3) is 0 Å². The molecule has 132 valence electrons. The maximum absolute atomic E-state index is 12.2. The molecule has 2 rings (SSSR count). The Hall–Kier alpha value is -2.08. The van der Waals surface area contributed by atoms with Gasteiger partial charge in [-0.1, -0.05) is 30.3 Å². The first-order valence-corrected chi connectivity index (χ1v) is 8.14. The van der Waals surface area contributed by atoms with E-state index in [4.69, 9.17) is 9.47 Å². The Morgan fingerprint density at radius 1 is 1.25 bits per heavy atom. The van der Waals surface area contributed by atoms with Crippen LogP contribution in [-0.4, -0.2) is 46.4 Å². The molecule has 6 heteroatoms. The summed E-state index contributed by atoms with van der Waals surface area (Å²) in [4.78, 5) is 25.1. The van der Waals surface area contributed by atoms with Crippen LogP contribution < -0.4 is 0 Å². The number of hydrogen-bond acceptors (Lipinski definition) is 4. The lowest BCUT2D eigenvalue weighted by molar-refractivity contribution is -0.147. The molecule has 0 saturated carbocycles. The number of ether oxygens (including phenoxy) is 2. The van der Waals surface area contributed by atoms with Gasteiger partial charge in [0.1, 0.15) is 11.6 Å². The van der Waals surface area contributed by atoms with Crippen molar-refractivity contribution in [1.29, 1.82) is 0 Å². The molecule has 1 saturated heterocycles. The first-order valence-electron chi connectivity index (χ1n) is 8.14. The van der Waals surface area contributed by atoms with Crippen molar-refractivity contribution < 1.29 is 24.2 Å². The van der Waals surface area contributed by atoms with Gasteiger partial charge in [-0.2, -0.15) is 0 Å². The van der Waals surface area contributed by atoms with Crippen LogP contribution in [0.15, 0.2) is 30.3 Å². The monoisotopic (exact) mass is 335 g/mol. The van der Waals surface area contributed by atoms with Gasteiger partial charge < -0.3 is 14.6 Å². The number of benzene rings is 1. The minimum atomic E-state index is -1.03. The first-order chi connectivity index (χ1) is 11.3. The third kappa shape index (κ3) is 5.23. The first kappa shape index (κ1) is 18.3. The van der Waals surface area contributed by atoms with E-state index in [9.17, 15) is 14.7 Å². The molecule has 0 spiro atoms. The van der Waals surface area contributed by atoms with E-state index >= 15 is 0 Å². The molecule has 0 radical (unpaired) electrons. The van der Waals surface area contributed by atoms with Gasteiger partial charge >= 0.3 is 12.1 Å². The number of hydrogen-bond donors (Lipinski definition) is 1. The zero-order chi connectivity index (χ0) is 17.7. The second-order valence-electron chi connectivity index (χ2n) is 6.97. The van der Waals surface area contributed by atoms with Crippen molar-refractivity contribution in [3.8, 4) is 0 Å². The maximum Gasteiger partial charge on any atom is 0.411 e. The van der Waals surface area contributed by atoms with E-state index in [0.29, 0.717) is 19.6 Å². The van der Waals surface area contributed by atoms with Gasteiger partial charge in [0.2, 0.25) is 0 Å². The fraction of sp³-hybridized carbons (Fsp3) is 0.556. The van der Waals surface area contributed by atoms with Gasteiger partial charge in [-0.05, 0) is 32.8 Å². The van der Waals surface area contributed by atoms with Gasteiger partial charge in [-0.3, -0.25) is 4.90 Å². The summed E-state index contributed by atoms with van der Waals surface area (Å²) in [6.07, 6.45) is 0.0819. The van der Waals surface area contributed by atoms with Crippen molar-refractivity contribution >= 4 is 12.1 Å². The van der Waals surface area contributed by atoms with Crippen LogP contribution in [-0.2, 0) is 20.9 Å². The van der Waals surface area contributed by atoms with Gasteiger partial charge in [0.15, 0.2) is 0 Å². The summed E-state index contributed by atoms with van der Waals surface area (Å²) >= 11 is 0. The Morgan fingerprint density at radius 2 is 1.92 bits per heavy atom. The standard InChI is InChI=1S/C18H25NO5/c1-18(2,3)24-17(22)19-10-9-14(11-15(19)16(20)21)23-12-13-7-5-4-6-8-13/h4-8,14-15H,9-12H2,1-3H3,(H,20,21)/t14-,15+/m1/s1. The topological polar surface area (TPSA) is 76.1 Å². The molecular formula is C18H25NO5. The molecule has 0 unspecified atom stereocenters. The average molecular weight is 335 g/mol. The molecular weight excluding hydrogens is 310 g/mol. The lowest BCUT2D eigenvalue weighted by atomic mass is 9.99. The summed E-state index contributed by atoms with van der Waals surface area (Å²) in [7, 11) is 0. The summed E-state index contributed by atoms with van der Waals surface area (Å²) < 4.78 is 11.1. The highest BCUT2D eigenvalue weighted by Crippen LogP contribution is 2.23. The number of amides is 1. The van der Waals surface area contributed by atoms with Crippen LogP contribution in [0.4, 0.5) is 4.79 Å². The number of carboxylic acid groups (broad SMARTS) is 1. The Kier molecular flexibility index (Phi) is 5.83. The molecule has 1 aromatic carbocycles. The molecule has 1 heterocycles. The minimum Gasteiger partial charge on any atom is -0.480 e. The lowest BCUT2D eigenvalue weighted by Crippen LogP contribution is -2.53. The van der Waals surface area contributed by atoms with Crippen molar-refractivity contribution in [1.82, 2.24) is 4.90 Å². The molecule has 1 aromatic rings. The number of nitrogens with zero attached hydrogens (tertiary/aromatic N) is 1. The lowest BCUT2D eigenvalue weighted by Gasteiger charge is -2.37. The number of likely N-dealkylation sites (tertiary alicyclic amines) is 1. The van der Waals surface area contributed by atoms with Gasteiger partial charge in [0.05, 0.1) is 12.7 Å². The second kappa shape index (κ2) is 7.66. The third-order valence-electron chi connectivity index (χ3n) is 3.80. The van der Waals surface area contributed by atoms with Crippen molar-refractivity contribution in [2.24, 2.45) is 0 Å². The van der Waals surface area contributed by atoms with Crippen LogP contribution in [0.1, 0.15) is 39.2 Å². The molecule has 24 heavy (non-hydrogen) atoms. The van der Waals surface area contributed by atoms with E-state index in [1.54, 1.807) is 20.8 Å². The normalized spacial score (nSPS) is 21.4. The number of carbonyl (C=O) groups is 2. The van der Waals surface area contributed by atoms with Crippen LogP contribution in [0.3, 0.4) is 0 Å². The van der Waals surface area contributed by atoms with E-state index in [-0.39, 0.29) is 12.5 Å². The molecule has 0 aromatic heterocycles. The molecule has 2 atom stereocenters. The van der Waals surface area contributed by atoms with E-state index in [1.165, 1.54) is 4.90 Å². The molecule has 1 fully saturated rings. The highest BCUT2D eigenvalue weighted by atomic mass is 16.6. The highest BCUT2D eigenvalue weighted by molar-refractivity contribution is 5.80.